The van der Waals surface area contributed by atoms with E-state index < -0.39 is 0 Å². The fraction of sp³-hybridized carbons (Fsp3) is 0.824. The van der Waals surface area contributed by atoms with Crippen molar-refractivity contribution >= 4 is 17.5 Å². The summed E-state index contributed by atoms with van der Waals surface area (Å²) >= 11 is 0. The highest BCUT2D eigenvalue weighted by Crippen LogP contribution is 1.95. The Morgan fingerprint density at radius 2 is 1.40 bits per heavy atom. The molecule has 0 unspecified atom stereocenters. The van der Waals surface area contributed by atoms with Gasteiger partial charge in [0.1, 0.15) is 19.0 Å². The first-order chi connectivity index (χ1) is 12.1. The zero-order valence-corrected chi connectivity index (χ0v) is 15.3. The molecule has 0 saturated carbocycles. The smallest absolute Gasteiger partial charge is 0.246 e. The minimum absolute atomic E-state index is 0.0238. The SMILES string of the molecule is CCC(=O)CCCOCCOCC(=O)NCCOCCOCC(C)=O. The van der Waals surface area contributed by atoms with Crippen molar-refractivity contribution in [1.82, 2.24) is 5.32 Å². The van der Waals surface area contributed by atoms with Crippen molar-refractivity contribution in [2.24, 2.45) is 0 Å². The number of amides is 1. The van der Waals surface area contributed by atoms with Crippen molar-refractivity contribution in [3.63, 3.8) is 0 Å². The highest BCUT2D eigenvalue weighted by Gasteiger charge is 2.01. The Morgan fingerprint density at radius 1 is 0.800 bits per heavy atom. The van der Waals surface area contributed by atoms with Crippen molar-refractivity contribution in [2.75, 3.05) is 59.4 Å². The molecule has 0 aliphatic heterocycles. The van der Waals surface area contributed by atoms with E-state index in [9.17, 15) is 14.4 Å². The second kappa shape index (κ2) is 17.5. The Bertz CT molecular complexity index is 374. The fourth-order valence-corrected chi connectivity index (χ4v) is 1.68. The third-order valence-corrected chi connectivity index (χ3v) is 2.99. The number of ketones is 2. The van der Waals surface area contributed by atoms with E-state index in [4.69, 9.17) is 18.9 Å². The van der Waals surface area contributed by atoms with Crippen molar-refractivity contribution in [2.45, 2.75) is 33.1 Å². The van der Waals surface area contributed by atoms with Crippen LogP contribution in [0.4, 0.5) is 0 Å². The number of ether oxygens (including phenoxy) is 4. The van der Waals surface area contributed by atoms with Crippen LogP contribution >= 0.6 is 0 Å². The Hall–Kier alpha value is -1.35. The van der Waals surface area contributed by atoms with Crippen LogP contribution in [0.15, 0.2) is 0 Å². The number of carbonyl (C=O) groups excluding carboxylic acids is 3. The van der Waals surface area contributed by atoms with E-state index in [1.165, 1.54) is 6.92 Å². The zero-order chi connectivity index (χ0) is 18.8. The molecule has 1 amide bonds. The van der Waals surface area contributed by atoms with Gasteiger partial charge >= 0.3 is 0 Å². The predicted octanol–water partition coefficient (Wildman–Crippen LogP) is 0.517. The van der Waals surface area contributed by atoms with Crippen molar-refractivity contribution in [3.8, 4) is 0 Å². The third kappa shape index (κ3) is 18.8. The van der Waals surface area contributed by atoms with Gasteiger partial charge in [-0.05, 0) is 13.3 Å². The molecule has 25 heavy (non-hydrogen) atoms. The van der Waals surface area contributed by atoms with Gasteiger partial charge in [0.2, 0.25) is 5.91 Å². The predicted molar refractivity (Wildman–Crippen MR) is 91.5 cm³/mol. The van der Waals surface area contributed by atoms with E-state index in [2.05, 4.69) is 5.32 Å². The maximum absolute atomic E-state index is 11.5. The van der Waals surface area contributed by atoms with Gasteiger partial charge in [-0.25, -0.2) is 0 Å². The molecule has 0 aliphatic rings. The minimum Gasteiger partial charge on any atom is -0.379 e. The molecule has 146 valence electrons. The quantitative estimate of drug-likeness (QED) is 0.355. The van der Waals surface area contributed by atoms with Gasteiger partial charge in [0, 0.05) is 26.0 Å². The molecule has 0 atom stereocenters. The summed E-state index contributed by atoms with van der Waals surface area (Å²) in [4.78, 5) is 33.2. The monoisotopic (exact) mass is 361 g/mol. The molecule has 0 aromatic heterocycles. The molecule has 0 radical (unpaired) electrons. The van der Waals surface area contributed by atoms with E-state index in [-0.39, 0.29) is 30.7 Å². The fourth-order valence-electron chi connectivity index (χ4n) is 1.68. The first-order valence-corrected chi connectivity index (χ1v) is 8.65. The lowest BCUT2D eigenvalue weighted by Gasteiger charge is -2.08. The number of hydrogen-bond donors (Lipinski definition) is 1. The lowest BCUT2D eigenvalue weighted by molar-refractivity contribution is -0.127. The maximum Gasteiger partial charge on any atom is 0.246 e. The first-order valence-electron chi connectivity index (χ1n) is 8.65. The van der Waals surface area contributed by atoms with E-state index in [1.807, 2.05) is 6.92 Å². The number of carbonyl (C=O) groups is 3. The first kappa shape index (κ1) is 23.6. The van der Waals surface area contributed by atoms with Crippen molar-refractivity contribution in [3.05, 3.63) is 0 Å². The van der Waals surface area contributed by atoms with Gasteiger partial charge in [0.15, 0.2) is 5.78 Å². The Morgan fingerprint density at radius 3 is 2.04 bits per heavy atom. The van der Waals surface area contributed by atoms with Crippen LogP contribution in [0.25, 0.3) is 0 Å². The van der Waals surface area contributed by atoms with Crippen LogP contribution in [0.5, 0.6) is 0 Å². The number of rotatable bonds is 18. The Labute approximate surface area is 149 Å². The molecule has 0 spiro atoms. The standard InChI is InChI=1S/C17H31NO7/c1-3-16(20)5-4-7-22-9-12-25-14-17(21)18-6-8-23-10-11-24-13-15(2)19/h3-14H2,1-2H3,(H,18,21). The second-order valence-electron chi connectivity index (χ2n) is 5.38. The highest BCUT2D eigenvalue weighted by atomic mass is 16.5. The summed E-state index contributed by atoms with van der Waals surface area (Å²) in [6, 6.07) is 0. The molecular formula is C17H31NO7. The third-order valence-electron chi connectivity index (χ3n) is 2.99. The topological polar surface area (TPSA) is 100 Å². The van der Waals surface area contributed by atoms with Gasteiger partial charge in [-0.2, -0.15) is 0 Å². The van der Waals surface area contributed by atoms with Gasteiger partial charge in [0.05, 0.1) is 33.0 Å². The minimum atomic E-state index is -0.218. The molecule has 0 rings (SSSR count). The average molecular weight is 361 g/mol. The van der Waals surface area contributed by atoms with Crippen LogP contribution in [0, 0.1) is 0 Å². The molecule has 0 heterocycles. The van der Waals surface area contributed by atoms with E-state index in [0.717, 1.165) is 0 Å². The molecule has 1 N–H and O–H groups in total. The maximum atomic E-state index is 11.5. The largest absolute Gasteiger partial charge is 0.379 e. The van der Waals surface area contributed by atoms with Crippen LogP contribution in [-0.2, 0) is 33.3 Å². The van der Waals surface area contributed by atoms with Crippen molar-refractivity contribution < 1.29 is 33.3 Å². The highest BCUT2D eigenvalue weighted by molar-refractivity contribution is 5.78. The lowest BCUT2D eigenvalue weighted by Crippen LogP contribution is -2.31. The van der Waals surface area contributed by atoms with Crippen LogP contribution in [0.2, 0.25) is 0 Å². The summed E-state index contributed by atoms with van der Waals surface area (Å²) in [6.07, 6.45) is 1.83. The molecule has 0 fully saturated rings. The molecule has 8 heteroatoms. The molecule has 0 bridgehead atoms. The van der Waals surface area contributed by atoms with E-state index in [0.29, 0.717) is 65.4 Å². The molecular weight excluding hydrogens is 330 g/mol. The molecule has 8 nitrogen and oxygen atoms in total. The number of hydrogen-bond acceptors (Lipinski definition) is 7. The summed E-state index contributed by atoms with van der Waals surface area (Å²) in [6.45, 7) is 6.11. The lowest BCUT2D eigenvalue weighted by atomic mass is 10.2. The van der Waals surface area contributed by atoms with Crippen LogP contribution in [0.1, 0.15) is 33.1 Å². The van der Waals surface area contributed by atoms with E-state index >= 15 is 0 Å². The van der Waals surface area contributed by atoms with Gasteiger partial charge in [-0.1, -0.05) is 6.92 Å². The van der Waals surface area contributed by atoms with Gasteiger partial charge in [-0.15, -0.1) is 0 Å². The summed E-state index contributed by atoms with van der Waals surface area (Å²) in [5, 5.41) is 2.66. The summed E-state index contributed by atoms with van der Waals surface area (Å²) in [5.41, 5.74) is 0. The molecule has 0 aromatic rings. The van der Waals surface area contributed by atoms with Crippen LogP contribution < -0.4 is 5.32 Å². The number of Topliss-reactive ketones (excluding diaryl/α,β-unsaturated/α-hetero) is 2. The average Bonchev–Trinajstić information content (AvgIpc) is 2.58. The zero-order valence-electron chi connectivity index (χ0n) is 15.3. The molecule has 0 saturated heterocycles. The normalized spacial score (nSPS) is 10.6. The van der Waals surface area contributed by atoms with Gasteiger partial charge in [0.25, 0.3) is 0 Å². The van der Waals surface area contributed by atoms with Gasteiger partial charge in [-0.3, -0.25) is 14.4 Å². The molecule has 0 aromatic carbocycles. The summed E-state index contributed by atoms with van der Waals surface area (Å²) in [7, 11) is 0. The van der Waals surface area contributed by atoms with Crippen LogP contribution in [0.3, 0.4) is 0 Å². The Kier molecular flexibility index (Phi) is 16.5. The van der Waals surface area contributed by atoms with E-state index in [1.54, 1.807) is 0 Å². The van der Waals surface area contributed by atoms with Gasteiger partial charge < -0.3 is 24.3 Å². The van der Waals surface area contributed by atoms with Crippen LogP contribution in [-0.4, -0.2) is 76.9 Å². The Balaban J connectivity index is 3.23. The summed E-state index contributed by atoms with van der Waals surface area (Å²) in [5.74, 6) is -0.00156. The molecule has 0 aliphatic carbocycles. The summed E-state index contributed by atoms with van der Waals surface area (Å²) < 4.78 is 20.8. The van der Waals surface area contributed by atoms with Crippen molar-refractivity contribution in [1.29, 1.82) is 0 Å². The number of nitrogens with one attached hydrogen (secondary N) is 1. The second-order valence-corrected chi connectivity index (χ2v) is 5.38.